The van der Waals surface area contributed by atoms with E-state index in [2.05, 4.69) is 10.2 Å². The summed E-state index contributed by atoms with van der Waals surface area (Å²) in [7, 11) is -1.67. The van der Waals surface area contributed by atoms with Crippen LogP contribution in [0.1, 0.15) is 44.1 Å². The Labute approximate surface area is 150 Å². The van der Waals surface area contributed by atoms with Gasteiger partial charge in [-0.1, -0.05) is 6.42 Å². The van der Waals surface area contributed by atoms with E-state index in [-0.39, 0.29) is 12.5 Å². The molecule has 1 aromatic rings. The molecule has 0 spiro atoms. The maximum atomic E-state index is 11.5. The summed E-state index contributed by atoms with van der Waals surface area (Å²) in [5, 5.41) is 2.87. The fourth-order valence-electron chi connectivity index (χ4n) is 3.14. The quantitative estimate of drug-likeness (QED) is 0.750. The van der Waals surface area contributed by atoms with Gasteiger partial charge in [0.2, 0.25) is 15.9 Å². The maximum Gasteiger partial charge on any atom is 0.216 e. The molecule has 1 aromatic heterocycles. The number of nitrogens with zero attached hydrogens (tertiary/aromatic N) is 2. The second kappa shape index (κ2) is 8.82. The lowest BCUT2D eigenvalue weighted by atomic mass is 9.99. The van der Waals surface area contributed by atoms with Crippen molar-refractivity contribution in [3.63, 3.8) is 0 Å². The van der Waals surface area contributed by atoms with Crippen molar-refractivity contribution in [3.8, 4) is 0 Å². The Morgan fingerprint density at radius 3 is 2.76 bits per heavy atom. The molecule has 1 aliphatic heterocycles. The molecule has 1 unspecified atom stereocenters. The predicted octanol–water partition coefficient (Wildman–Crippen LogP) is 1.55. The van der Waals surface area contributed by atoms with Crippen molar-refractivity contribution in [2.75, 3.05) is 26.4 Å². The predicted molar refractivity (Wildman–Crippen MR) is 96.4 cm³/mol. The Balaban J connectivity index is 1.92. The second-order valence-electron chi connectivity index (χ2n) is 6.78. The monoisotopic (exact) mass is 371 g/mol. The van der Waals surface area contributed by atoms with Crippen molar-refractivity contribution >= 4 is 15.9 Å². The summed E-state index contributed by atoms with van der Waals surface area (Å²) in [5.41, 5.74) is 0. The van der Waals surface area contributed by atoms with Gasteiger partial charge in [-0.3, -0.25) is 9.69 Å². The number of hydrogen-bond acceptors (Lipinski definition) is 5. The molecule has 7 nitrogen and oxygen atoms in total. The lowest BCUT2D eigenvalue weighted by Gasteiger charge is -2.35. The van der Waals surface area contributed by atoms with Crippen LogP contribution in [-0.2, 0) is 27.9 Å². The number of rotatable bonds is 8. The highest BCUT2D eigenvalue weighted by molar-refractivity contribution is 7.88. The highest BCUT2D eigenvalue weighted by Crippen LogP contribution is 2.23. The van der Waals surface area contributed by atoms with E-state index < -0.39 is 10.0 Å². The van der Waals surface area contributed by atoms with E-state index in [1.807, 2.05) is 12.1 Å². The van der Waals surface area contributed by atoms with Crippen LogP contribution in [0, 0.1) is 0 Å². The molecule has 1 aliphatic rings. The minimum atomic E-state index is -3.22. The summed E-state index contributed by atoms with van der Waals surface area (Å²) in [4.78, 5) is 13.4. The topological polar surface area (TPSA) is 82.9 Å². The van der Waals surface area contributed by atoms with Crippen molar-refractivity contribution in [2.45, 2.75) is 51.7 Å². The van der Waals surface area contributed by atoms with Crippen LogP contribution in [0.2, 0.25) is 0 Å². The molecule has 2 heterocycles. The molecule has 1 N–H and O–H groups in total. The maximum absolute atomic E-state index is 11.5. The number of carbonyl (C=O) groups is 1. The van der Waals surface area contributed by atoms with Gasteiger partial charge in [0.15, 0.2) is 0 Å². The van der Waals surface area contributed by atoms with Crippen LogP contribution in [0.25, 0.3) is 0 Å². The first-order chi connectivity index (χ1) is 11.8. The largest absolute Gasteiger partial charge is 0.463 e. The lowest BCUT2D eigenvalue weighted by molar-refractivity contribution is -0.119. The molecular weight excluding hydrogens is 342 g/mol. The van der Waals surface area contributed by atoms with Crippen LogP contribution in [0.3, 0.4) is 0 Å². The Bertz CT molecular complexity index is 671. The standard InChI is InChI=1S/C17H29N3O4S/c1-14(21)18-10-9-15-6-4-5-11-20(15)13-17-8-7-16(24-17)12-19(2)25(3,22)23/h7-8,15H,4-6,9-13H2,1-3H3,(H,18,21). The fourth-order valence-corrected chi connectivity index (χ4v) is 3.50. The van der Waals surface area contributed by atoms with E-state index in [0.717, 1.165) is 25.1 Å². The Morgan fingerprint density at radius 1 is 1.36 bits per heavy atom. The second-order valence-corrected chi connectivity index (χ2v) is 8.87. The number of sulfonamides is 1. The average molecular weight is 372 g/mol. The molecule has 0 saturated carbocycles. The minimum absolute atomic E-state index is 0.00744. The third-order valence-corrected chi connectivity index (χ3v) is 5.88. The molecule has 8 heteroatoms. The van der Waals surface area contributed by atoms with Crippen LogP contribution in [-0.4, -0.2) is 56.0 Å². The van der Waals surface area contributed by atoms with Crippen molar-refractivity contribution in [1.82, 2.24) is 14.5 Å². The Morgan fingerprint density at radius 2 is 2.08 bits per heavy atom. The van der Waals surface area contributed by atoms with Crippen molar-refractivity contribution in [2.24, 2.45) is 0 Å². The molecule has 2 rings (SSSR count). The number of hydrogen-bond donors (Lipinski definition) is 1. The van der Waals surface area contributed by atoms with Gasteiger partial charge in [-0.2, -0.15) is 4.31 Å². The van der Waals surface area contributed by atoms with Gasteiger partial charge in [-0.15, -0.1) is 0 Å². The molecule has 1 fully saturated rings. The molecule has 0 bridgehead atoms. The SMILES string of the molecule is CC(=O)NCCC1CCCCN1Cc1ccc(CN(C)S(C)(=O)=O)o1. The third-order valence-electron chi connectivity index (χ3n) is 4.62. The number of furan rings is 1. The van der Waals surface area contributed by atoms with Gasteiger partial charge < -0.3 is 9.73 Å². The van der Waals surface area contributed by atoms with Gasteiger partial charge in [-0.05, 0) is 37.9 Å². The summed E-state index contributed by atoms with van der Waals surface area (Å²) >= 11 is 0. The number of likely N-dealkylation sites (tertiary alicyclic amines) is 1. The molecule has 0 radical (unpaired) electrons. The van der Waals surface area contributed by atoms with Crippen LogP contribution < -0.4 is 5.32 Å². The van der Waals surface area contributed by atoms with E-state index in [9.17, 15) is 13.2 Å². The number of amides is 1. The summed E-state index contributed by atoms with van der Waals surface area (Å²) in [5.74, 6) is 1.51. The number of carbonyl (C=O) groups excluding carboxylic acids is 1. The minimum Gasteiger partial charge on any atom is -0.463 e. The summed E-state index contributed by atoms with van der Waals surface area (Å²) < 4.78 is 30.1. The summed E-state index contributed by atoms with van der Waals surface area (Å²) in [6, 6.07) is 4.20. The molecular formula is C17H29N3O4S. The van der Waals surface area contributed by atoms with E-state index in [4.69, 9.17) is 4.42 Å². The zero-order valence-corrected chi connectivity index (χ0v) is 16.1. The fraction of sp³-hybridized carbons (Fsp3) is 0.706. The van der Waals surface area contributed by atoms with Crippen molar-refractivity contribution < 1.29 is 17.6 Å². The zero-order chi connectivity index (χ0) is 18.4. The molecule has 0 aromatic carbocycles. The zero-order valence-electron chi connectivity index (χ0n) is 15.3. The highest BCUT2D eigenvalue weighted by Gasteiger charge is 2.23. The van der Waals surface area contributed by atoms with Crippen LogP contribution in [0.4, 0.5) is 0 Å². The van der Waals surface area contributed by atoms with Crippen LogP contribution in [0.15, 0.2) is 16.5 Å². The molecule has 0 aliphatic carbocycles. The molecule has 25 heavy (non-hydrogen) atoms. The van der Waals surface area contributed by atoms with E-state index in [0.29, 0.717) is 24.9 Å². The summed E-state index contributed by atoms with van der Waals surface area (Å²) in [6.45, 7) is 4.21. The normalized spacial score (nSPS) is 19.3. The van der Waals surface area contributed by atoms with Crippen LogP contribution in [0.5, 0.6) is 0 Å². The lowest BCUT2D eigenvalue weighted by Crippen LogP contribution is -2.40. The Hall–Kier alpha value is -1.38. The first-order valence-electron chi connectivity index (χ1n) is 8.73. The van der Waals surface area contributed by atoms with Gasteiger partial charge in [0.25, 0.3) is 0 Å². The molecule has 1 saturated heterocycles. The number of piperidine rings is 1. The average Bonchev–Trinajstić information content (AvgIpc) is 2.95. The van der Waals surface area contributed by atoms with E-state index in [1.165, 1.54) is 30.3 Å². The van der Waals surface area contributed by atoms with Gasteiger partial charge in [0.05, 0.1) is 19.3 Å². The van der Waals surface area contributed by atoms with Gasteiger partial charge >= 0.3 is 0 Å². The first kappa shape index (κ1) is 19.9. The Kier molecular flexibility index (Phi) is 7.04. The van der Waals surface area contributed by atoms with Gasteiger partial charge in [0, 0.05) is 26.6 Å². The smallest absolute Gasteiger partial charge is 0.216 e. The molecule has 142 valence electrons. The van der Waals surface area contributed by atoms with Gasteiger partial charge in [-0.25, -0.2) is 8.42 Å². The van der Waals surface area contributed by atoms with Gasteiger partial charge in [0.1, 0.15) is 11.5 Å². The molecule has 1 atom stereocenters. The van der Waals surface area contributed by atoms with E-state index >= 15 is 0 Å². The van der Waals surface area contributed by atoms with Crippen LogP contribution >= 0.6 is 0 Å². The summed E-state index contributed by atoms with van der Waals surface area (Å²) in [6.07, 6.45) is 5.63. The van der Waals surface area contributed by atoms with E-state index in [1.54, 1.807) is 7.05 Å². The third kappa shape index (κ3) is 6.45. The molecule has 1 amide bonds. The van der Waals surface area contributed by atoms with Crippen molar-refractivity contribution in [1.29, 1.82) is 0 Å². The highest BCUT2D eigenvalue weighted by atomic mass is 32.2. The van der Waals surface area contributed by atoms with Crippen molar-refractivity contribution in [3.05, 3.63) is 23.7 Å². The number of nitrogens with one attached hydrogen (secondary N) is 1. The first-order valence-corrected chi connectivity index (χ1v) is 10.6.